The van der Waals surface area contributed by atoms with E-state index in [-0.39, 0.29) is 11.4 Å². The molecule has 0 aliphatic heterocycles. The highest BCUT2D eigenvalue weighted by Gasteiger charge is 2.31. The third kappa shape index (κ3) is 4.65. The zero-order valence-electron chi connectivity index (χ0n) is 21.3. The van der Waals surface area contributed by atoms with Gasteiger partial charge in [0.05, 0.1) is 22.7 Å². The van der Waals surface area contributed by atoms with Gasteiger partial charge >= 0.3 is 6.18 Å². The van der Waals surface area contributed by atoms with Gasteiger partial charge in [-0.1, -0.05) is 30.3 Å². The van der Waals surface area contributed by atoms with Crippen molar-refractivity contribution in [2.24, 2.45) is 5.10 Å². The number of hydrogen-bond acceptors (Lipinski definition) is 3. The van der Waals surface area contributed by atoms with E-state index in [0.717, 1.165) is 50.6 Å². The van der Waals surface area contributed by atoms with E-state index in [9.17, 15) is 18.0 Å². The highest BCUT2D eigenvalue weighted by Crippen LogP contribution is 2.32. The quantitative estimate of drug-likeness (QED) is 0.243. The molecular formula is C30H25F3N4O. The van der Waals surface area contributed by atoms with Crippen LogP contribution >= 0.6 is 0 Å². The molecule has 0 unspecified atom stereocenters. The maximum Gasteiger partial charge on any atom is 0.416 e. The average Bonchev–Trinajstić information content (AvgIpc) is 3.15. The van der Waals surface area contributed by atoms with Crippen molar-refractivity contribution in [1.29, 1.82) is 0 Å². The van der Waals surface area contributed by atoms with Crippen LogP contribution in [-0.4, -0.2) is 20.4 Å². The summed E-state index contributed by atoms with van der Waals surface area (Å²) in [6.45, 7) is 8.03. The molecule has 5 nitrogen and oxygen atoms in total. The van der Waals surface area contributed by atoms with Crippen LogP contribution in [0.25, 0.3) is 28.0 Å². The zero-order chi connectivity index (χ0) is 27.2. The third-order valence-electron chi connectivity index (χ3n) is 6.45. The Kier molecular flexibility index (Phi) is 6.26. The van der Waals surface area contributed by atoms with Crippen molar-refractivity contribution < 1.29 is 13.2 Å². The van der Waals surface area contributed by atoms with Crippen LogP contribution in [-0.2, 0) is 6.18 Å². The number of fused-ring (bicyclic) bond motifs is 1. The number of halogens is 3. The van der Waals surface area contributed by atoms with E-state index in [0.29, 0.717) is 10.9 Å². The van der Waals surface area contributed by atoms with E-state index in [4.69, 9.17) is 0 Å². The summed E-state index contributed by atoms with van der Waals surface area (Å²) in [4.78, 5) is 18.0. The first kappa shape index (κ1) is 25.2. The van der Waals surface area contributed by atoms with Crippen LogP contribution in [0.5, 0.6) is 0 Å². The lowest BCUT2D eigenvalue weighted by Crippen LogP contribution is -2.20. The maximum absolute atomic E-state index is 13.5. The normalized spacial score (nSPS) is 12.1. The summed E-state index contributed by atoms with van der Waals surface area (Å²) in [7, 11) is 0. The second-order valence-corrected chi connectivity index (χ2v) is 9.40. The summed E-state index contributed by atoms with van der Waals surface area (Å²) in [5.74, 6) is 0.0270. The lowest BCUT2D eigenvalue weighted by molar-refractivity contribution is -0.137. The Morgan fingerprint density at radius 2 is 1.58 bits per heavy atom. The van der Waals surface area contributed by atoms with E-state index in [1.807, 2.05) is 33.8 Å². The zero-order valence-corrected chi connectivity index (χ0v) is 21.3. The maximum atomic E-state index is 13.5. The number of hydrogen-bond donors (Lipinski definition) is 0. The van der Waals surface area contributed by atoms with Crippen molar-refractivity contribution in [2.45, 2.75) is 33.9 Å². The van der Waals surface area contributed by atoms with Gasteiger partial charge in [0.2, 0.25) is 0 Å². The predicted octanol–water partition coefficient (Wildman–Crippen LogP) is 6.99. The molecule has 0 amide bonds. The van der Waals surface area contributed by atoms with Gasteiger partial charge in [-0.2, -0.15) is 22.9 Å². The van der Waals surface area contributed by atoms with Crippen molar-refractivity contribution in [3.8, 4) is 17.1 Å². The number of aromatic nitrogens is 3. The van der Waals surface area contributed by atoms with Crippen LogP contribution in [0.15, 0.2) is 82.7 Å². The fourth-order valence-corrected chi connectivity index (χ4v) is 4.77. The molecule has 0 atom stereocenters. The van der Waals surface area contributed by atoms with Gasteiger partial charge in [0.15, 0.2) is 5.82 Å². The molecule has 0 fully saturated rings. The smallest absolute Gasteiger partial charge is 0.318 e. The molecule has 0 radical (unpaired) electrons. The molecule has 2 aromatic heterocycles. The van der Waals surface area contributed by atoms with Crippen molar-refractivity contribution in [1.82, 2.24) is 14.2 Å². The van der Waals surface area contributed by atoms with Crippen molar-refractivity contribution in [3.63, 3.8) is 0 Å². The summed E-state index contributed by atoms with van der Waals surface area (Å²) >= 11 is 0. The fourth-order valence-electron chi connectivity index (χ4n) is 4.77. The molecule has 192 valence electrons. The van der Waals surface area contributed by atoms with E-state index in [1.165, 1.54) is 12.1 Å². The Morgan fingerprint density at radius 1 is 0.868 bits per heavy atom. The van der Waals surface area contributed by atoms with Crippen LogP contribution in [0, 0.1) is 27.7 Å². The number of benzene rings is 3. The molecule has 0 aliphatic carbocycles. The van der Waals surface area contributed by atoms with Gasteiger partial charge in [0.1, 0.15) is 0 Å². The Bertz CT molecular complexity index is 1760. The molecule has 0 aliphatic rings. The minimum Gasteiger partial charge on any atom is -0.318 e. The molecule has 0 N–H and O–H groups in total. The van der Waals surface area contributed by atoms with Gasteiger partial charge in [0.25, 0.3) is 5.56 Å². The first-order valence-corrected chi connectivity index (χ1v) is 12.0. The largest absolute Gasteiger partial charge is 0.416 e. The minimum atomic E-state index is -4.53. The summed E-state index contributed by atoms with van der Waals surface area (Å²) in [5, 5.41) is 4.78. The molecule has 2 heterocycles. The third-order valence-corrected chi connectivity index (χ3v) is 6.45. The number of nitrogens with zero attached hydrogens (tertiary/aromatic N) is 4. The predicted molar refractivity (Wildman–Crippen MR) is 144 cm³/mol. The molecule has 8 heteroatoms. The molecule has 0 spiro atoms. The van der Waals surface area contributed by atoms with Crippen LogP contribution < -0.4 is 5.56 Å². The number of aryl methyl sites for hydroxylation is 3. The summed E-state index contributed by atoms with van der Waals surface area (Å²) < 4.78 is 43.5. The Balaban J connectivity index is 1.67. The standard InChI is InChI=1S/C30H25F3N4O/c1-18-12-19(2)14-25(13-18)36-20(3)15-23(21(36)4)17-34-37-28(22-8-7-9-24(16-22)30(31,32)33)35-27-11-6-5-10-26(27)29(37)38/h5-17H,1-4H3. The lowest BCUT2D eigenvalue weighted by atomic mass is 10.1. The first-order valence-electron chi connectivity index (χ1n) is 12.0. The highest BCUT2D eigenvalue weighted by atomic mass is 19.4. The number of para-hydroxylation sites is 1. The molecule has 0 saturated heterocycles. The summed E-state index contributed by atoms with van der Waals surface area (Å²) in [6, 6.07) is 19.7. The SMILES string of the molecule is Cc1cc(C)cc(-n2c(C)cc(C=Nn3c(-c4cccc(C(F)(F)F)c4)nc4ccccc4c3=O)c2C)c1. The topological polar surface area (TPSA) is 52.2 Å². The van der Waals surface area contributed by atoms with E-state index in [2.05, 4.69) is 32.9 Å². The monoisotopic (exact) mass is 514 g/mol. The van der Waals surface area contributed by atoms with Crippen molar-refractivity contribution >= 4 is 17.1 Å². The number of alkyl halides is 3. The Hall–Kier alpha value is -4.46. The number of rotatable bonds is 4. The van der Waals surface area contributed by atoms with E-state index < -0.39 is 17.3 Å². The van der Waals surface area contributed by atoms with Gasteiger partial charge in [-0.25, -0.2) is 4.98 Å². The average molecular weight is 515 g/mol. The van der Waals surface area contributed by atoms with Gasteiger partial charge in [-0.05, 0) is 81.3 Å². The van der Waals surface area contributed by atoms with Crippen LogP contribution in [0.4, 0.5) is 13.2 Å². The lowest BCUT2D eigenvalue weighted by Gasteiger charge is -2.12. The fraction of sp³-hybridized carbons (Fsp3) is 0.167. The van der Waals surface area contributed by atoms with Crippen LogP contribution in [0.1, 0.15) is 33.6 Å². The van der Waals surface area contributed by atoms with Crippen LogP contribution in [0.3, 0.4) is 0 Å². The van der Waals surface area contributed by atoms with Gasteiger partial charge in [0, 0.05) is 28.2 Å². The second kappa shape index (κ2) is 9.45. The molecule has 0 bridgehead atoms. The van der Waals surface area contributed by atoms with Crippen LogP contribution in [0.2, 0.25) is 0 Å². The molecule has 0 saturated carbocycles. The van der Waals surface area contributed by atoms with E-state index >= 15 is 0 Å². The minimum absolute atomic E-state index is 0.0270. The molecular weight excluding hydrogens is 489 g/mol. The van der Waals surface area contributed by atoms with Gasteiger partial charge < -0.3 is 4.57 Å². The molecule has 5 rings (SSSR count). The summed E-state index contributed by atoms with van der Waals surface area (Å²) in [6.07, 6.45) is -2.98. The van der Waals surface area contributed by atoms with E-state index in [1.54, 1.807) is 30.5 Å². The van der Waals surface area contributed by atoms with Gasteiger partial charge in [-0.3, -0.25) is 4.79 Å². The molecule has 5 aromatic rings. The first-order chi connectivity index (χ1) is 18.0. The van der Waals surface area contributed by atoms with Crippen molar-refractivity contribution in [3.05, 3.63) is 117 Å². The molecule has 3 aromatic carbocycles. The Morgan fingerprint density at radius 3 is 2.29 bits per heavy atom. The second-order valence-electron chi connectivity index (χ2n) is 9.40. The summed E-state index contributed by atoms with van der Waals surface area (Å²) in [5.41, 5.74) is 5.19. The highest BCUT2D eigenvalue weighted by molar-refractivity contribution is 5.83. The van der Waals surface area contributed by atoms with Crippen molar-refractivity contribution in [2.75, 3.05) is 0 Å². The molecule has 38 heavy (non-hydrogen) atoms. The van der Waals surface area contributed by atoms with Gasteiger partial charge in [-0.15, -0.1) is 0 Å². The Labute approximate surface area is 217 Å².